The molecular formula is C2H10N2O. The maximum absolute atomic E-state index is 4.90. The van der Waals surface area contributed by atoms with Gasteiger partial charge in [0.05, 0.1) is 0 Å². The summed E-state index contributed by atoms with van der Waals surface area (Å²) in [7, 11) is 0. The predicted octanol–water partition coefficient (Wildman–Crippen LogP) is -1.92. The SMILES string of the molecule is NCCN.[6OH2]. The van der Waals surface area contributed by atoms with Crippen LogP contribution in [-0.4, -0.2) is 18.6 Å². The molecule has 0 aromatic rings. The molecule has 3 heteroatoms. The molecule has 0 saturated carbocycles. The van der Waals surface area contributed by atoms with Crippen LogP contribution in [0.1, 0.15) is 0 Å². The molecule has 0 aliphatic rings. The summed E-state index contributed by atoms with van der Waals surface area (Å²) in [6, 6.07) is 0. The molecule has 0 amide bonds. The lowest BCUT2D eigenvalue weighted by atomic mass is 6.00. The lowest BCUT2D eigenvalue weighted by molar-refractivity contribution is 0.824. The highest BCUT2D eigenvalue weighted by molar-refractivity contribution is 4.26. The van der Waals surface area contributed by atoms with Crippen molar-refractivity contribution in [1.29, 1.82) is 0 Å². The molecule has 34 valence electrons. The van der Waals surface area contributed by atoms with Crippen molar-refractivity contribution in [3.8, 4) is 0 Å². The third-order valence-corrected chi connectivity index (χ3v) is 0.167. The van der Waals surface area contributed by atoms with Crippen LogP contribution in [0.25, 0.3) is 0 Å². The second kappa shape index (κ2) is 9.11. The van der Waals surface area contributed by atoms with Crippen molar-refractivity contribution in [3.05, 3.63) is 0 Å². The summed E-state index contributed by atoms with van der Waals surface area (Å²) in [4.78, 5) is 0. The highest BCUT2D eigenvalue weighted by Crippen LogP contribution is 1.24. The van der Waals surface area contributed by atoms with Crippen molar-refractivity contribution >= 4 is 0 Å². The molecule has 5 heavy (non-hydrogen) atoms. The van der Waals surface area contributed by atoms with Crippen molar-refractivity contribution in [2.75, 3.05) is 13.1 Å². The van der Waals surface area contributed by atoms with Crippen LogP contribution >= 0.6 is 0 Å². The van der Waals surface area contributed by atoms with Gasteiger partial charge in [0, 0.05) is 13.1 Å². The van der Waals surface area contributed by atoms with Gasteiger partial charge in [-0.2, -0.15) is 0 Å². The fourth-order valence-corrected chi connectivity index (χ4v) is 0. The summed E-state index contributed by atoms with van der Waals surface area (Å²) in [5.41, 5.74) is 9.81. The van der Waals surface area contributed by atoms with Gasteiger partial charge in [0.25, 0.3) is 0 Å². The maximum Gasteiger partial charge on any atom is 0.00461 e. The largest absolute Gasteiger partial charge is 0.412 e. The Bertz CT molecular complexity index is 9.61. The third kappa shape index (κ3) is 17.7. The second-order valence-corrected chi connectivity index (χ2v) is 0.577. The van der Waals surface area contributed by atoms with Gasteiger partial charge in [0.15, 0.2) is 0 Å². The Labute approximate surface area is 31.3 Å². The first-order chi connectivity index (χ1) is 1.91. The molecule has 0 rings (SSSR count). The third-order valence-electron chi connectivity index (χ3n) is 0.167. The smallest absolute Gasteiger partial charge is 0.00461 e. The molecule has 0 bridgehead atoms. The van der Waals surface area contributed by atoms with Gasteiger partial charge in [0.2, 0.25) is 0 Å². The van der Waals surface area contributed by atoms with Crippen LogP contribution in [0.5, 0.6) is 0 Å². The monoisotopic (exact) mass is 68.1 g/mol. The van der Waals surface area contributed by atoms with Gasteiger partial charge >= 0.3 is 0 Å². The first-order valence-corrected chi connectivity index (χ1v) is 1.32. The van der Waals surface area contributed by atoms with E-state index < -0.39 is 0 Å². The fraction of sp³-hybridized carbons (Fsp3) is 1.00. The minimum Gasteiger partial charge on any atom is -0.412 e. The van der Waals surface area contributed by atoms with Crippen LogP contribution in [0.15, 0.2) is 0 Å². The molecule has 0 radical (unpaired) electrons. The van der Waals surface area contributed by atoms with Crippen LogP contribution in [0.4, 0.5) is 0 Å². The highest BCUT2D eigenvalue weighted by atomic mass is 14.6. The zero-order chi connectivity index (χ0) is 3.41. The summed E-state index contributed by atoms with van der Waals surface area (Å²) in [6.45, 7) is 1.19. The van der Waals surface area contributed by atoms with E-state index in [4.69, 9.17) is 11.5 Å². The van der Waals surface area contributed by atoms with Gasteiger partial charge in [-0.25, -0.2) is 0 Å². The normalized spacial score (nSPS) is 6.00. The van der Waals surface area contributed by atoms with Gasteiger partial charge in [0.1, 0.15) is 0 Å². The lowest BCUT2D eigenvalue weighted by Gasteiger charge is -1.72. The maximum atomic E-state index is 4.90. The molecule has 0 atom stereocenters. The van der Waals surface area contributed by atoms with E-state index in [0.717, 1.165) is 0 Å². The van der Waals surface area contributed by atoms with Gasteiger partial charge < -0.3 is 16.9 Å². The average Bonchev–Trinajstić information content (AvgIpc) is 1.37. The molecule has 0 spiro atoms. The number of rotatable bonds is 1. The minimum atomic E-state index is 0. The molecule has 3 nitrogen and oxygen atoms in total. The minimum absolute atomic E-state index is 0. The molecule has 0 aromatic carbocycles. The zero-order valence-electron chi connectivity index (χ0n) is 3.07. The highest BCUT2D eigenvalue weighted by Gasteiger charge is 1.54. The second-order valence-electron chi connectivity index (χ2n) is 0.577. The number of nitrogens with two attached hydrogens (primary N) is 2. The molecule has 0 heterocycles. The fourth-order valence-electron chi connectivity index (χ4n) is 0. The first kappa shape index (κ1) is 8.86. The van der Waals surface area contributed by atoms with E-state index in [2.05, 4.69) is 0 Å². The van der Waals surface area contributed by atoms with Crippen LogP contribution in [-0.2, 0) is 0 Å². The molecule has 0 aliphatic carbocycles. The predicted molar refractivity (Wildman–Crippen MR) is 21.7 cm³/mol. The van der Waals surface area contributed by atoms with Crippen molar-refractivity contribution in [2.45, 2.75) is 0 Å². The Hall–Kier alpha value is -0.120. The Balaban J connectivity index is 0. The van der Waals surface area contributed by atoms with E-state index >= 15 is 0 Å². The van der Waals surface area contributed by atoms with E-state index in [0.29, 0.717) is 13.1 Å². The zero-order valence-corrected chi connectivity index (χ0v) is 3.07. The van der Waals surface area contributed by atoms with E-state index in [-0.39, 0.29) is 5.48 Å². The molecular weight excluding hydrogens is 58.0 g/mol. The molecule has 0 unspecified atom stereocenters. The van der Waals surface area contributed by atoms with Crippen molar-refractivity contribution in [3.63, 3.8) is 0 Å². The number of hydrogen-bond donors (Lipinski definition) is 2. The Morgan fingerprint density at radius 1 is 1.00 bits per heavy atom. The molecule has 6 N–H and O–H groups in total. The van der Waals surface area contributed by atoms with E-state index in [9.17, 15) is 0 Å². The van der Waals surface area contributed by atoms with Crippen molar-refractivity contribution in [1.82, 2.24) is 0 Å². The average molecular weight is 68.1 g/mol. The van der Waals surface area contributed by atoms with Crippen LogP contribution in [0.2, 0.25) is 0 Å². The van der Waals surface area contributed by atoms with E-state index in [1.54, 1.807) is 0 Å². The summed E-state index contributed by atoms with van der Waals surface area (Å²) in [5, 5.41) is 0. The quantitative estimate of drug-likeness (QED) is 0.375. The van der Waals surface area contributed by atoms with E-state index in [1.807, 2.05) is 0 Å². The lowest BCUT2D eigenvalue weighted by Crippen LogP contribution is -2.11. The van der Waals surface area contributed by atoms with Gasteiger partial charge in [-0.1, -0.05) is 0 Å². The van der Waals surface area contributed by atoms with Gasteiger partial charge in [-0.3, -0.25) is 0 Å². The van der Waals surface area contributed by atoms with Crippen LogP contribution < -0.4 is 11.5 Å². The van der Waals surface area contributed by atoms with Crippen LogP contribution in [0.3, 0.4) is 0 Å². The Morgan fingerprint density at radius 2 is 1.20 bits per heavy atom. The Morgan fingerprint density at radius 3 is 1.20 bits per heavy atom. The van der Waals surface area contributed by atoms with Gasteiger partial charge in [-0.15, -0.1) is 0 Å². The van der Waals surface area contributed by atoms with E-state index in [1.165, 1.54) is 0 Å². The topological polar surface area (TPSA) is 83.5 Å². The van der Waals surface area contributed by atoms with Crippen molar-refractivity contribution in [2.24, 2.45) is 11.5 Å². The first-order valence-electron chi connectivity index (χ1n) is 1.32. The number of hydrogen-bond acceptors (Lipinski definition) is 2. The summed E-state index contributed by atoms with van der Waals surface area (Å²) < 4.78 is 0. The molecule has 0 aliphatic heterocycles. The van der Waals surface area contributed by atoms with Crippen molar-refractivity contribution < 1.29 is 5.48 Å². The molecule has 0 fully saturated rings. The van der Waals surface area contributed by atoms with Crippen LogP contribution in [0, 0.1) is 0 Å². The molecule has 0 aromatic heterocycles. The summed E-state index contributed by atoms with van der Waals surface area (Å²) in [5.74, 6) is 0. The Kier molecular flexibility index (Phi) is 16.1. The van der Waals surface area contributed by atoms with Gasteiger partial charge in [-0.05, 0) is 0 Å². The molecule has 0 saturated heterocycles. The summed E-state index contributed by atoms with van der Waals surface area (Å²) in [6.07, 6.45) is 0. The summed E-state index contributed by atoms with van der Waals surface area (Å²) >= 11 is 0. The standard InChI is InChI=1S/C2H8N2.H2O/c3-1-2-4;/h1-4H2;1H2/i;1-10.